The number of hydrogen-bond acceptors (Lipinski definition) is 0. The zero-order valence-corrected chi connectivity index (χ0v) is 6.97. The summed E-state index contributed by atoms with van der Waals surface area (Å²) in [5.74, 6) is -0.971. The second-order valence-corrected chi connectivity index (χ2v) is 3.08. The van der Waals surface area contributed by atoms with Gasteiger partial charge in [-0.05, 0) is 12.3 Å². The first-order chi connectivity index (χ1) is 5.60. The summed E-state index contributed by atoms with van der Waals surface area (Å²) >= 11 is 0. The van der Waals surface area contributed by atoms with Gasteiger partial charge >= 0.3 is 12.4 Å². The van der Waals surface area contributed by atoms with Crippen molar-refractivity contribution in [3.05, 3.63) is 0 Å². The molecule has 0 aromatic carbocycles. The maximum Gasteiger partial charge on any atom is 0.389 e. The Morgan fingerprint density at radius 2 is 1.38 bits per heavy atom. The van der Waals surface area contributed by atoms with Crippen molar-refractivity contribution in [2.75, 3.05) is 0 Å². The molecule has 0 fully saturated rings. The third-order valence-electron chi connectivity index (χ3n) is 1.50. The van der Waals surface area contributed by atoms with Crippen LogP contribution in [0.25, 0.3) is 0 Å². The van der Waals surface area contributed by atoms with Crippen LogP contribution in [0.4, 0.5) is 26.3 Å². The Balaban J connectivity index is 3.70. The molecule has 13 heavy (non-hydrogen) atoms. The SMILES string of the molecule is C[C@@H](CCC(F)(F)F)CC(F)(F)F. The smallest absolute Gasteiger partial charge is 0.171 e. The molecule has 0 aliphatic carbocycles. The lowest BCUT2D eigenvalue weighted by Gasteiger charge is -2.14. The number of alkyl halides is 6. The minimum absolute atomic E-state index is 0.469. The van der Waals surface area contributed by atoms with Gasteiger partial charge in [-0.3, -0.25) is 0 Å². The average Bonchev–Trinajstić information content (AvgIpc) is 1.78. The van der Waals surface area contributed by atoms with Gasteiger partial charge < -0.3 is 0 Å². The van der Waals surface area contributed by atoms with Crippen molar-refractivity contribution in [2.24, 2.45) is 5.92 Å². The molecule has 0 nitrogen and oxygen atoms in total. The van der Waals surface area contributed by atoms with E-state index in [-0.39, 0.29) is 0 Å². The molecule has 0 rings (SSSR count). The van der Waals surface area contributed by atoms with E-state index in [4.69, 9.17) is 0 Å². The van der Waals surface area contributed by atoms with Gasteiger partial charge in [-0.25, -0.2) is 0 Å². The lowest BCUT2D eigenvalue weighted by atomic mass is 10.0. The highest BCUT2D eigenvalue weighted by Gasteiger charge is 2.33. The van der Waals surface area contributed by atoms with Crippen molar-refractivity contribution < 1.29 is 26.3 Å². The molecule has 1 atom stereocenters. The van der Waals surface area contributed by atoms with Crippen molar-refractivity contribution >= 4 is 0 Å². The van der Waals surface area contributed by atoms with E-state index in [0.29, 0.717) is 0 Å². The van der Waals surface area contributed by atoms with E-state index in [9.17, 15) is 26.3 Å². The summed E-state index contributed by atoms with van der Waals surface area (Å²) < 4.78 is 69.6. The fourth-order valence-electron chi connectivity index (χ4n) is 0.907. The van der Waals surface area contributed by atoms with E-state index < -0.39 is 37.5 Å². The van der Waals surface area contributed by atoms with Gasteiger partial charge in [0.2, 0.25) is 0 Å². The summed E-state index contributed by atoms with van der Waals surface area (Å²) in [6, 6.07) is 0. The highest BCUT2D eigenvalue weighted by Crippen LogP contribution is 2.30. The predicted molar refractivity (Wildman–Crippen MR) is 35.1 cm³/mol. The molecule has 0 aromatic rings. The van der Waals surface area contributed by atoms with Gasteiger partial charge in [0.05, 0.1) is 0 Å². The van der Waals surface area contributed by atoms with E-state index >= 15 is 0 Å². The molecule has 0 aromatic heterocycles. The Hall–Kier alpha value is -0.420. The summed E-state index contributed by atoms with van der Waals surface area (Å²) in [5, 5.41) is 0. The summed E-state index contributed by atoms with van der Waals surface area (Å²) in [7, 11) is 0. The Bertz CT molecular complexity index is 144. The van der Waals surface area contributed by atoms with Crippen LogP contribution < -0.4 is 0 Å². The second kappa shape index (κ2) is 4.19. The molecule has 0 saturated heterocycles. The summed E-state index contributed by atoms with van der Waals surface area (Å²) in [5.41, 5.74) is 0. The fourth-order valence-corrected chi connectivity index (χ4v) is 0.907. The Kier molecular flexibility index (Phi) is 4.06. The summed E-state index contributed by atoms with van der Waals surface area (Å²) in [6.07, 6.45) is -11.5. The summed E-state index contributed by atoms with van der Waals surface area (Å²) in [6.45, 7) is 1.17. The molecule has 0 heterocycles. The van der Waals surface area contributed by atoms with Crippen LogP contribution in [0.1, 0.15) is 26.2 Å². The van der Waals surface area contributed by atoms with Gasteiger partial charge in [-0.15, -0.1) is 0 Å². The molecular formula is C7H10F6. The normalized spacial score (nSPS) is 15.9. The van der Waals surface area contributed by atoms with Gasteiger partial charge in [-0.2, -0.15) is 26.3 Å². The topological polar surface area (TPSA) is 0 Å². The van der Waals surface area contributed by atoms with E-state index in [1.807, 2.05) is 0 Å². The number of hydrogen-bond donors (Lipinski definition) is 0. The van der Waals surface area contributed by atoms with Crippen molar-refractivity contribution in [3.8, 4) is 0 Å². The van der Waals surface area contributed by atoms with E-state index in [2.05, 4.69) is 0 Å². The molecule has 0 N–H and O–H groups in total. The van der Waals surface area contributed by atoms with Crippen LogP contribution in [-0.2, 0) is 0 Å². The van der Waals surface area contributed by atoms with Gasteiger partial charge in [0.25, 0.3) is 0 Å². The molecule has 0 radical (unpaired) electrons. The van der Waals surface area contributed by atoms with Crippen molar-refractivity contribution in [3.63, 3.8) is 0 Å². The molecular weight excluding hydrogens is 198 g/mol. The first-order valence-electron chi connectivity index (χ1n) is 3.73. The number of halogens is 6. The monoisotopic (exact) mass is 208 g/mol. The number of rotatable bonds is 3. The minimum Gasteiger partial charge on any atom is -0.171 e. The highest BCUT2D eigenvalue weighted by molar-refractivity contribution is 4.62. The Labute approximate surface area is 71.9 Å². The molecule has 0 spiro atoms. The zero-order valence-electron chi connectivity index (χ0n) is 6.97. The Morgan fingerprint density at radius 1 is 0.923 bits per heavy atom. The first-order valence-corrected chi connectivity index (χ1v) is 3.73. The first kappa shape index (κ1) is 12.6. The minimum atomic E-state index is -4.37. The van der Waals surface area contributed by atoms with Gasteiger partial charge in [0, 0.05) is 12.8 Å². The molecule has 0 bridgehead atoms. The Morgan fingerprint density at radius 3 is 1.69 bits per heavy atom. The van der Waals surface area contributed by atoms with E-state index in [0.717, 1.165) is 0 Å². The average molecular weight is 208 g/mol. The van der Waals surface area contributed by atoms with Crippen LogP contribution in [-0.4, -0.2) is 12.4 Å². The van der Waals surface area contributed by atoms with E-state index in [1.54, 1.807) is 0 Å². The van der Waals surface area contributed by atoms with Crippen molar-refractivity contribution in [2.45, 2.75) is 38.5 Å². The van der Waals surface area contributed by atoms with Crippen LogP contribution in [0, 0.1) is 5.92 Å². The molecule has 0 saturated carbocycles. The second-order valence-electron chi connectivity index (χ2n) is 3.08. The molecule has 80 valence electrons. The summed E-state index contributed by atoms with van der Waals surface area (Å²) in [4.78, 5) is 0. The molecule has 0 amide bonds. The fraction of sp³-hybridized carbons (Fsp3) is 1.00. The van der Waals surface area contributed by atoms with Gasteiger partial charge in [0.1, 0.15) is 0 Å². The van der Waals surface area contributed by atoms with Crippen molar-refractivity contribution in [1.82, 2.24) is 0 Å². The molecule has 0 unspecified atom stereocenters. The van der Waals surface area contributed by atoms with Crippen LogP contribution in [0.5, 0.6) is 0 Å². The largest absolute Gasteiger partial charge is 0.389 e. The lowest BCUT2D eigenvalue weighted by Crippen LogP contribution is -2.16. The lowest BCUT2D eigenvalue weighted by molar-refractivity contribution is -0.155. The van der Waals surface area contributed by atoms with Gasteiger partial charge in [0.15, 0.2) is 0 Å². The van der Waals surface area contributed by atoms with E-state index in [1.165, 1.54) is 6.92 Å². The quantitative estimate of drug-likeness (QED) is 0.616. The standard InChI is InChI=1S/C7H10F6/c1-5(4-7(11,12)13)2-3-6(8,9)10/h5H,2-4H2,1H3/t5-/m0/s1. The zero-order chi connectivity index (χ0) is 10.7. The molecule has 6 heteroatoms. The van der Waals surface area contributed by atoms with Gasteiger partial charge in [-0.1, -0.05) is 6.92 Å². The molecule has 0 aliphatic rings. The van der Waals surface area contributed by atoms with Crippen LogP contribution in [0.3, 0.4) is 0 Å². The molecule has 0 aliphatic heterocycles. The predicted octanol–water partition coefficient (Wildman–Crippen LogP) is 3.92. The third-order valence-corrected chi connectivity index (χ3v) is 1.50. The van der Waals surface area contributed by atoms with Crippen molar-refractivity contribution in [1.29, 1.82) is 0 Å². The maximum atomic E-state index is 11.6. The third kappa shape index (κ3) is 9.49. The van der Waals surface area contributed by atoms with Crippen LogP contribution in [0.15, 0.2) is 0 Å². The van der Waals surface area contributed by atoms with Crippen LogP contribution >= 0.6 is 0 Å². The van der Waals surface area contributed by atoms with Crippen LogP contribution in [0.2, 0.25) is 0 Å². The maximum absolute atomic E-state index is 11.6. The highest BCUT2D eigenvalue weighted by atomic mass is 19.4.